The van der Waals surface area contributed by atoms with Gasteiger partial charge < -0.3 is 9.64 Å². The Morgan fingerprint density at radius 3 is 2.61 bits per heavy atom. The average molecular weight is 394 g/mol. The van der Waals surface area contributed by atoms with E-state index in [1.54, 1.807) is 5.51 Å². The fraction of sp³-hybridized carbons (Fsp3) is 0.318. The number of pyridine rings is 1. The van der Waals surface area contributed by atoms with Crippen LogP contribution in [0.25, 0.3) is 0 Å². The Morgan fingerprint density at radius 1 is 1.14 bits per heavy atom. The molecule has 1 atom stereocenters. The summed E-state index contributed by atoms with van der Waals surface area (Å²) in [7, 11) is 0. The van der Waals surface area contributed by atoms with Crippen LogP contribution >= 0.6 is 11.3 Å². The summed E-state index contributed by atoms with van der Waals surface area (Å²) in [6.45, 7) is 5.59. The quantitative estimate of drug-likeness (QED) is 0.673. The molecule has 0 N–H and O–H groups in total. The molecule has 1 aromatic carbocycles. The predicted molar refractivity (Wildman–Crippen MR) is 110 cm³/mol. The summed E-state index contributed by atoms with van der Waals surface area (Å²) in [5.41, 5.74) is 7.07. The first kappa shape index (κ1) is 18.8. The van der Waals surface area contributed by atoms with Crippen molar-refractivity contribution in [2.45, 2.75) is 26.4 Å². The highest BCUT2D eigenvalue weighted by atomic mass is 32.1. The third-order valence-corrected chi connectivity index (χ3v) is 5.92. The van der Waals surface area contributed by atoms with Crippen LogP contribution in [0.3, 0.4) is 0 Å². The van der Waals surface area contributed by atoms with Gasteiger partial charge in [-0.3, -0.25) is 9.78 Å². The molecule has 3 heterocycles. The van der Waals surface area contributed by atoms with Gasteiger partial charge in [-0.2, -0.15) is 0 Å². The number of hydrogen-bond acceptors (Lipinski definition) is 5. The van der Waals surface area contributed by atoms with Gasteiger partial charge in [-0.1, -0.05) is 35.9 Å². The van der Waals surface area contributed by atoms with E-state index in [-0.39, 0.29) is 12.0 Å². The smallest absolute Gasteiger partial charge is 0.266 e. The highest BCUT2D eigenvalue weighted by Gasteiger charge is 2.28. The van der Waals surface area contributed by atoms with Gasteiger partial charge in [0.05, 0.1) is 30.1 Å². The van der Waals surface area contributed by atoms with Gasteiger partial charge >= 0.3 is 0 Å². The van der Waals surface area contributed by atoms with Gasteiger partial charge in [0.15, 0.2) is 0 Å². The van der Waals surface area contributed by atoms with Crippen molar-refractivity contribution < 1.29 is 9.53 Å². The predicted octanol–water partition coefficient (Wildman–Crippen LogP) is 3.96. The molecular weight excluding hydrogens is 370 g/mol. The first-order valence-electron chi connectivity index (χ1n) is 9.41. The van der Waals surface area contributed by atoms with Gasteiger partial charge in [0.1, 0.15) is 11.0 Å². The molecule has 5 nitrogen and oxygen atoms in total. The molecule has 2 aromatic heterocycles. The van der Waals surface area contributed by atoms with Crippen LogP contribution in [0.5, 0.6) is 0 Å². The van der Waals surface area contributed by atoms with Crippen molar-refractivity contribution in [3.8, 4) is 0 Å². The van der Waals surface area contributed by atoms with Crippen molar-refractivity contribution in [2.75, 3.05) is 19.7 Å². The summed E-state index contributed by atoms with van der Waals surface area (Å²) in [6.07, 6.45) is 2.57. The molecule has 0 spiro atoms. The first-order valence-corrected chi connectivity index (χ1v) is 10.3. The van der Waals surface area contributed by atoms with Crippen molar-refractivity contribution >= 4 is 17.2 Å². The lowest BCUT2D eigenvalue weighted by atomic mass is 10.0. The molecule has 1 aliphatic rings. The summed E-state index contributed by atoms with van der Waals surface area (Å²) in [4.78, 5) is 24.1. The Morgan fingerprint density at radius 2 is 1.93 bits per heavy atom. The van der Waals surface area contributed by atoms with Gasteiger partial charge in [0.25, 0.3) is 5.91 Å². The lowest BCUT2D eigenvalue weighted by Crippen LogP contribution is -2.42. The second-order valence-electron chi connectivity index (χ2n) is 7.13. The van der Waals surface area contributed by atoms with E-state index < -0.39 is 0 Å². The zero-order valence-corrected chi connectivity index (χ0v) is 16.9. The maximum atomic E-state index is 12.8. The molecule has 1 aliphatic heterocycles. The Bertz CT molecular complexity index is 951. The molecule has 1 fully saturated rings. The number of carbonyl (C=O) groups is 1. The minimum absolute atomic E-state index is 0.0318. The number of aromatic nitrogens is 2. The number of thiazole rings is 1. The van der Waals surface area contributed by atoms with Crippen molar-refractivity contribution in [1.29, 1.82) is 0 Å². The molecule has 3 aromatic rings. The average Bonchev–Trinajstić information content (AvgIpc) is 3.16. The largest absolute Gasteiger partial charge is 0.368 e. The second-order valence-corrected chi connectivity index (χ2v) is 7.99. The number of aryl methyl sites for hydroxylation is 2. The molecule has 0 saturated carbocycles. The minimum Gasteiger partial charge on any atom is -0.368 e. The van der Waals surface area contributed by atoms with Crippen LogP contribution < -0.4 is 0 Å². The Kier molecular flexibility index (Phi) is 5.50. The van der Waals surface area contributed by atoms with Crippen molar-refractivity contribution in [3.05, 3.63) is 81.1 Å². The van der Waals surface area contributed by atoms with Gasteiger partial charge in [-0.25, -0.2) is 4.98 Å². The van der Waals surface area contributed by atoms with E-state index in [2.05, 4.69) is 47.2 Å². The van der Waals surface area contributed by atoms with Crippen molar-refractivity contribution in [1.82, 2.24) is 14.9 Å². The molecule has 1 amide bonds. The van der Waals surface area contributed by atoms with E-state index in [1.807, 2.05) is 24.1 Å². The molecule has 0 aliphatic carbocycles. The number of morpholine rings is 1. The lowest BCUT2D eigenvalue weighted by Gasteiger charge is -2.32. The number of ether oxygens (including phenoxy) is 1. The zero-order chi connectivity index (χ0) is 19.5. The summed E-state index contributed by atoms with van der Waals surface area (Å²) in [5.74, 6) is 0.0318. The molecule has 6 heteroatoms. The topological polar surface area (TPSA) is 55.3 Å². The Labute approximate surface area is 169 Å². The van der Waals surface area contributed by atoms with Crippen LogP contribution in [0, 0.1) is 13.8 Å². The Balaban J connectivity index is 1.43. The number of carbonyl (C=O) groups excluding carboxylic acids is 1. The zero-order valence-electron chi connectivity index (χ0n) is 16.1. The van der Waals surface area contributed by atoms with Gasteiger partial charge in [-0.05, 0) is 37.5 Å². The minimum atomic E-state index is -0.195. The fourth-order valence-corrected chi connectivity index (χ4v) is 4.11. The maximum absolute atomic E-state index is 12.8. The van der Waals surface area contributed by atoms with Crippen LogP contribution in [0.4, 0.5) is 0 Å². The molecule has 0 radical (unpaired) electrons. The van der Waals surface area contributed by atoms with E-state index in [1.165, 1.54) is 22.5 Å². The normalized spacial score (nSPS) is 16.9. The fourth-order valence-electron chi connectivity index (χ4n) is 3.34. The summed E-state index contributed by atoms with van der Waals surface area (Å²) in [6, 6.07) is 12.7. The van der Waals surface area contributed by atoms with Crippen LogP contribution in [0.15, 0.2) is 48.1 Å². The number of amides is 1. The monoisotopic (exact) mass is 393 g/mol. The van der Waals surface area contributed by atoms with Crippen LogP contribution in [0.1, 0.15) is 43.9 Å². The van der Waals surface area contributed by atoms with Gasteiger partial charge in [0, 0.05) is 12.7 Å². The molecular formula is C22H23N3O2S. The number of nitrogens with zero attached hydrogens (tertiary/aromatic N) is 3. The third-order valence-electron chi connectivity index (χ3n) is 5.00. The highest BCUT2D eigenvalue weighted by Crippen LogP contribution is 2.24. The number of hydrogen-bond donors (Lipinski definition) is 0. The standard InChI is InChI=1S/C22H23N3O2S/c1-15-3-5-17(6-4-15)11-18-7-8-19(23-12-18)20-13-25(9-10-27-20)22(26)21-16(2)24-14-28-21/h3-8,12,14,20H,9-11,13H2,1-2H3/t20-/m1/s1. The number of benzene rings is 1. The molecule has 1 saturated heterocycles. The van der Waals surface area contributed by atoms with Crippen molar-refractivity contribution in [2.24, 2.45) is 0 Å². The maximum Gasteiger partial charge on any atom is 0.266 e. The SMILES string of the molecule is Cc1ccc(Cc2ccc([C@H]3CN(C(=O)c4scnc4C)CCO3)nc2)cc1. The van der Waals surface area contributed by atoms with Crippen LogP contribution in [-0.4, -0.2) is 40.5 Å². The molecule has 0 unspecified atom stereocenters. The van der Waals surface area contributed by atoms with Gasteiger partial charge in [-0.15, -0.1) is 11.3 Å². The second kappa shape index (κ2) is 8.20. The molecule has 4 rings (SSSR count). The summed E-state index contributed by atoms with van der Waals surface area (Å²) >= 11 is 1.39. The third kappa shape index (κ3) is 4.13. The van der Waals surface area contributed by atoms with E-state index in [0.717, 1.165) is 23.4 Å². The van der Waals surface area contributed by atoms with E-state index in [0.29, 0.717) is 24.6 Å². The number of rotatable bonds is 4. The van der Waals surface area contributed by atoms with Crippen LogP contribution in [-0.2, 0) is 11.2 Å². The molecule has 0 bridgehead atoms. The van der Waals surface area contributed by atoms with E-state index in [4.69, 9.17) is 4.74 Å². The first-order chi connectivity index (χ1) is 13.6. The lowest BCUT2D eigenvalue weighted by molar-refractivity contribution is -0.0246. The molecule has 28 heavy (non-hydrogen) atoms. The van der Waals surface area contributed by atoms with E-state index >= 15 is 0 Å². The Hall–Kier alpha value is -2.57. The highest BCUT2D eigenvalue weighted by molar-refractivity contribution is 7.11. The molecule has 144 valence electrons. The van der Waals surface area contributed by atoms with E-state index in [9.17, 15) is 4.79 Å². The van der Waals surface area contributed by atoms with Crippen LogP contribution in [0.2, 0.25) is 0 Å². The van der Waals surface area contributed by atoms with Gasteiger partial charge in [0.2, 0.25) is 0 Å². The summed E-state index contributed by atoms with van der Waals surface area (Å²) in [5, 5.41) is 0. The summed E-state index contributed by atoms with van der Waals surface area (Å²) < 4.78 is 5.89. The van der Waals surface area contributed by atoms with Crippen molar-refractivity contribution in [3.63, 3.8) is 0 Å².